The van der Waals surface area contributed by atoms with Crippen LogP contribution >= 0.6 is 0 Å². The molecule has 0 radical (unpaired) electrons. The van der Waals surface area contributed by atoms with Crippen LogP contribution in [0.1, 0.15) is 20.3 Å². The monoisotopic (exact) mass is 138 g/mol. The topological polar surface area (TPSA) is 9.23 Å². The summed E-state index contributed by atoms with van der Waals surface area (Å²) in [7, 11) is 0. The molecule has 0 heterocycles. The van der Waals surface area contributed by atoms with E-state index in [2.05, 4.69) is 4.94 Å². The number of hydrogen-bond donors (Lipinski definition) is 0. The Balaban J connectivity index is 3.22. The minimum absolute atomic E-state index is 0.101. The molecule has 0 spiro atoms. The molecule has 3 heteroatoms. The van der Waals surface area contributed by atoms with Crippen molar-refractivity contribution in [1.82, 2.24) is 0 Å². The van der Waals surface area contributed by atoms with Crippen molar-refractivity contribution in [3.8, 4) is 0 Å². The zero-order chi connectivity index (χ0) is 7.28. The fourth-order valence-corrected chi connectivity index (χ4v) is 0.666. The highest BCUT2D eigenvalue weighted by atomic mass is 19.3. The van der Waals surface area contributed by atoms with Gasteiger partial charge < -0.3 is 0 Å². The van der Waals surface area contributed by atoms with E-state index in [4.69, 9.17) is 0 Å². The van der Waals surface area contributed by atoms with E-state index >= 15 is 0 Å². The molecular weight excluding hydrogens is 126 g/mol. The summed E-state index contributed by atoms with van der Waals surface area (Å²) in [5.41, 5.74) is 0. The van der Waals surface area contributed by atoms with Gasteiger partial charge in [-0.1, -0.05) is 6.92 Å². The first-order chi connectivity index (χ1) is 4.20. The van der Waals surface area contributed by atoms with E-state index in [-0.39, 0.29) is 5.92 Å². The summed E-state index contributed by atoms with van der Waals surface area (Å²) >= 11 is 0. The molecular formula is C6H12F2O. The van der Waals surface area contributed by atoms with Crippen LogP contribution in [0.3, 0.4) is 0 Å². The average Bonchev–Trinajstić information content (AvgIpc) is 1.87. The normalized spacial score (nSPS) is 17.3. The Kier molecular flexibility index (Phi) is 4.58. The number of hydrogen-bond acceptors (Lipinski definition) is 1. The Hall–Kier alpha value is -0.180. The fraction of sp³-hybridized carbons (Fsp3) is 1.00. The van der Waals surface area contributed by atoms with Gasteiger partial charge in [0.05, 0.1) is 12.8 Å². The number of halogens is 2. The SMILES string of the molecule is CC(CF)CC(C)OF. The quantitative estimate of drug-likeness (QED) is 0.579. The van der Waals surface area contributed by atoms with E-state index in [1.54, 1.807) is 13.8 Å². The number of rotatable bonds is 4. The fourth-order valence-electron chi connectivity index (χ4n) is 0.666. The second kappa shape index (κ2) is 4.68. The van der Waals surface area contributed by atoms with Crippen molar-refractivity contribution < 1.29 is 13.9 Å². The minimum atomic E-state index is -0.476. The lowest BCUT2D eigenvalue weighted by atomic mass is 10.1. The van der Waals surface area contributed by atoms with Gasteiger partial charge in [0.15, 0.2) is 0 Å². The second-order valence-electron chi connectivity index (χ2n) is 2.39. The van der Waals surface area contributed by atoms with E-state index in [9.17, 15) is 8.92 Å². The van der Waals surface area contributed by atoms with Crippen LogP contribution in [0.15, 0.2) is 0 Å². The third kappa shape index (κ3) is 4.33. The van der Waals surface area contributed by atoms with Crippen LogP contribution in [-0.4, -0.2) is 12.8 Å². The molecule has 0 fully saturated rings. The van der Waals surface area contributed by atoms with Crippen molar-refractivity contribution in [2.75, 3.05) is 6.67 Å². The third-order valence-electron chi connectivity index (χ3n) is 1.15. The predicted octanol–water partition coefficient (Wildman–Crippen LogP) is 2.27. The molecule has 2 atom stereocenters. The molecule has 2 unspecified atom stereocenters. The van der Waals surface area contributed by atoms with E-state index in [0.29, 0.717) is 6.42 Å². The molecule has 0 N–H and O–H groups in total. The molecule has 56 valence electrons. The van der Waals surface area contributed by atoms with Gasteiger partial charge >= 0.3 is 0 Å². The second-order valence-corrected chi connectivity index (χ2v) is 2.39. The molecule has 0 aromatic heterocycles. The molecule has 0 aromatic carbocycles. The summed E-state index contributed by atoms with van der Waals surface area (Å²) in [5.74, 6) is -0.101. The summed E-state index contributed by atoms with van der Waals surface area (Å²) in [6.45, 7) is 2.88. The van der Waals surface area contributed by atoms with E-state index < -0.39 is 12.8 Å². The average molecular weight is 138 g/mol. The highest BCUT2D eigenvalue weighted by Crippen LogP contribution is 2.08. The van der Waals surface area contributed by atoms with Crippen LogP contribution in [0.2, 0.25) is 0 Å². The van der Waals surface area contributed by atoms with Crippen molar-refractivity contribution >= 4 is 0 Å². The number of alkyl halides is 1. The van der Waals surface area contributed by atoms with Gasteiger partial charge in [-0.15, -0.1) is 0 Å². The Morgan fingerprint density at radius 2 is 2.00 bits per heavy atom. The van der Waals surface area contributed by atoms with Crippen molar-refractivity contribution in [3.05, 3.63) is 0 Å². The summed E-state index contributed by atoms with van der Waals surface area (Å²) in [6, 6.07) is 0. The van der Waals surface area contributed by atoms with Crippen molar-refractivity contribution in [1.29, 1.82) is 0 Å². The van der Waals surface area contributed by atoms with Crippen LogP contribution < -0.4 is 0 Å². The molecule has 0 aliphatic heterocycles. The molecule has 0 saturated carbocycles. The summed E-state index contributed by atoms with van der Waals surface area (Å²) < 4.78 is 23.0. The molecule has 0 aromatic rings. The maximum atomic E-state index is 11.7. The lowest BCUT2D eigenvalue weighted by molar-refractivity contribution is -0.177. The van der Waals surface area contributed by atoms with Gasteiger partial charge in [-0.3, -0.25) is 4.39 Å². The van der Waals surface area contributed by atoms with Gasteiger partial charge in [0.1, 0.15) is 0 Å². The van der Waals surface area contributed by atoms with Crippen LogP contribution in [0.5, 0.6) is 0 Å². The van der Waals surface area contributed by atoms with Gasteiger partial charge in [-0.2, -0.15) is 4.94 Å². The lowest BCUT2D eigenvalue weighted by Crippen LogP contribution is -2.09. The van der Waals surface area contributed by atoms with Gasteiger partial charge in [0.25, 0.3) is 0 Å². The first-order valence-electron chi connectivity index (χ1n) is 3.04. The highest BCUT2D eigenvalue weighted by molar-refractivity contribution is 4.55. The molecule has 0 amide bonds. The van der Waals surface area contributed by atoms with Gasteiger partial charge in [0, 0.05) is 0 Å². The Morgan fingerprint density at radius 3 is 2.33 bits per heavy atom. The Labute approximate surface area is 53.9 Å². The van der Waals surface area contributed by atoms with E-state index in [1.165, 1.54) is 0 Å². The van der Waals surface area contributed by atoms with Crippen LogP contribution in [0.25, 0.3) is 0 Å². The largest absolute Gasteiger partial charge is 0.251 e. The summed E-state index contributed by atoms with van der Waals surface area (Å²) in [5, 5.41) is 0. The summed E-state index contributed by atoms with van der Waals surface area (Å²) in [4.78, 5) is 3.46. The molecule has 0 saturated heterocycles. The maximum Gasteiger partial charge on any atom is 0.0959 e. The standard InChI is InChI=1S/C6H12F2O/c1-5(4-7)3-6(2)9-8/h5-6H,3-4H2,1-2H3. The zero-order valence-corrected chi connectivity index (χ0v) is 5.73. The molecule has 1 nitrogen and oxygen atoms in total. The Bertz CT molecular complexity index is 60.1. The Morgan fingerprint density at radius 1 is 1.44 bits per heavy atom. The summed E-state index contributed by atoms with van der Waals surface area (Å²) in [6.07, 6.45) is -0.0387. The zero-order valence-electron chi connectivity index (χ0n) is 5.73. The first kappa shape index (κ1) is 8.82. The molecule has 0 aliphatic carbocycles. The van der Waals surface area contributed by atoms with Crippen LogP contribution in [0, 0.1) is 5.92 Å². The lowest BCUT2D eigenvalue weighted by Gasteiger charge is -2.08. The van der Waals surface area contributed by atoms with Gasteiger partial charge in [-0.25, -0.2) is 0 Å². The molecule has 9 heavy (non-hydrogen) atoms. The van der Waals surface area contributed by atoms with Crippen molar-refractivity contribution in [3.63, 3.8) is 0 Å². The van der Waals surface area contributed by atoms with Crippen molar-refractivity contribution in [2.24, 2.45) is 5.92 Å². The smallest absolute Gasteiger partial charge is 0.0959 e. The molecule has 0 aliphatic rings. The molecule has 0 bridgehead atoms. The van der Waals surface area contributed by atoms with Crippen LogP contribution in [0.4, 0.5) is 8.92 Å². The van der Waals surface area contributed by atoms with E-state index in [0.717, 1.165) is 0 Å². The van der Waals surface area contributed by atoms with Gasteiger partial charge in [-0.05, 0) is 23.8 Å². The van der Waals surface area contributed by atoms with Gasteiger partial charge in [0.2, 0.25) is 0 Å². The minimum Gasteiger partial charge on any atom is -0.251 e. The van der Waals surface area contributed by atoms with Crippen LogP contribution in [-0.2, 0) is 4.94 Å². The first-order valence-corrected chi connectivity index (χ1v) is 3.04. The predicted molar refractivity (Wildman–Crippen MR) is 31.4 cm³/mol. The van der Waals surface area contributed by atoms with Crippen molar-refractivity contribution in [2.45, 2.75) is 26.4 Å². The molecule has 0 rings (SSSR count). The third-order valence-corrected chi connectivity index (χ3v) is 1.15. The van der Waals surface area contributed by atoms with E-state index in [1.807, 2.05) is 0 Å². The maximum absolute atomic E-state index is 11.7. The highest BCUT2D eigenvalue weighted by Gasteiger charge is 2.08.